The minimum atomic E-state index is -0.613. The Morgan fingerprint density at radius 1 is 1.07 bits per heavy atom. The van der Waals surface area contributed by atoms with E-state index in [-0.39, 0.29) is 5.41 Å². The zero-order chi connectivity index (χ0) is 19.8. The van der Waals surface area contributed by atoms with E-state index in [2.05, 4.69) is 20.2 Å². The van der Waals surface area contributed by atoms with Crippen molar-refractivity contribution in [2.75, 3.05) is 23.3 Å². The second kappa shape index (κ2) is 7.21. The van der Waals surface area contributed by atoms with E-state index in [4.69, 9.17) is 4.98 Å². The number of fused-ring (bicyclic) bond motifs is 1. The third-order valence-corrected chi connectivity index (χ3v) is 6.26. The van der Waals surface area contributed by atoms with Crippen LogP contribution < -0.4 is 10.2 Å². The van der Waals surface area contributed by atoms with Crippen LogP contribution in [0, 0.1) is 11.4 Å². The number of nitrogens with zero attached hydrogens (tertiary/aromatic N) is 4. The highest BCUT2D eigenvalue weighted by atomic mass is 19.1. The lowest BCUT2D eigenvalue weighted by atomic mass is 9.62. The van der Waals surface area contributed by atoms with Gasteiger partial charge < -0.3 is 10.2 Å². The predicted octanol–water partition coefficient (Wildman–Crippen LogP) is 4.49. The monoisotopic (exact) mass is 395 g/mol. The van der Waals surface area contributed by atoms with E-state index in [9.17, 15) is 8.78 Å². The van der Waals surface area contributed by atoms with Crippen molar-refractivity contribution in [1.82, 2.24) is 15.0 Å². The number of para-hydroxylation sites is 1. The van der Waals surface area contributed by atoms with Gasteiger partial charge in [0.05, 0.1) is 5.52 Å². The Balaban J connectivity index is 1.38. The maximum absolute atomic E-state index is 13.4. The van der Waals surface area contributed by atoms with E-state index in [1.54, 1.807) is 6.07 Å². The molecule has 2 aromatic heterocycles. The van der Waals surface area contributed by atoms with Crippen molar-refractivity contribution < 1.29 is 8.78 Å². The third-order valence-electron chi connectivity index (χ3n) is 6.26. The van der Waals surface area contributed by atoms with Gasteiger partial charge in [-0.05, 0) is 54.9 Å². The number of benzene rings is 1. The summed E-state index contributed by atoms with van der Waals surface area (Å²) in [7, 11) is 0. The van der Waals surface area contributed by atoms with Crippen LogP contribution in [0.5, 0.6) is 0 Å². The number of rotatable bonds is 4. The number of anilines is 2. The van der Waals surface area contributed by atoms with Crippen molar-refractivity contribution in [2.45, 2.75) is 38.4 Å². The van der Waals surface area contributed by atoms with Crippen LogP contribution in [-0.4, -0.2) is 34.2 Å². The smallest absolute Gasteiger partial charge is 0.225 e. The summed E-state index contributed by atoms with van der Waals surface area (Å²) in [6.45, 7) is 2.23. The summed E-state index contributed by atoms with van der Waals surface area (Å²) in [5, 5.41) is 4.26. The highest BCUT2D eigenvalue weighted by Crippen LogP contribution is 2.50. The molecule has 2 aliphatic rings. The molecule has 29 heavy (non-hydrogen) atoms. The van der Waals surface area contributed by atoms with Gasteiger partial charge in [0.15, 0.2) is 0 Å². The van der Waals surface area contributed by atoms with Gasteiger partial charge >= 0.3 is 0 Å². The van der Waals surface area contributed by atoms with Crippen molar-refractivity contribution in [1.29, 1.82) is 0 Å². The molecule has 1 spiro atoms. The molecule has 7 heteroatoms. The fourth-order valence-electron chi connectivity index (χ4n) is 4.55. The first-order chi connectivity index (χ1) is 14.1. The molecule has 0 radical (unpaired) electrons. The van der Waals surface area contributed by atoms with E-state index >= 15 is 0 Å². The first-order valence-corrected chi connectivity index (χ1v) is 10.1. The van der Waals surface area contributed by atoms with Crippen LogP contribution in [0.3, 0.4) is 0 Å². The van der Waals surface area contributed by atoms with Crippen molar-refractivity contribution in [3.8, 4) is 0 Å². The molecule has 1 aromatic carbocycles. The Labute approximate surface area is 168 Å². The molecule has 0 unspecified atom stereocenters. The number of halogens is 2. The first kappa shape index (κ1) is 18.2. The molecule has 1 saturated heterocycles. The normalized spacial score (nSPS) is 18.8. The van der Waals surface area contributed by atoms with E-state index in [1.807, 2.05) is 24.3 Å². The molecule has 3 aromatic rings. The molecule has 3 heterocycles. The molecule has 2 fully saturated rings. The molecule has 0 bridgehead atoms. The Morgan fingerprint density at radius 3 is 2.59 bits per heavy atom. The highest BCUT2D eigenvalue weighted by molar-refractivity contribution is 5.90. The van der Waals surface area contributed by atoms with Gasteiger partial charge in [0.25, 0.3) is 0 Å². The topological polar surface area (TPSA) is 53.9 Å². The number of pyridine rings is 1. The van der Waals surface area contributed by atoms with Gasteiger partial charge in [-0.1, -0.05) is 18.2 Å². The van der Waals surface area contributed by atoms with E-state index < -0.39 is 12.1 Å². The molecule has 1 saturated carbocycles. The van der Waals surface area contributed by atoms with Crippen LogP contribution in [-0.2, 0) is 6.54 Å². The van der Waals surface area contributed by atoms with Crippen molar-refractivity contribution in [3.63, 3.8) is 0 Å². The van der Waals surface area contributed by atoms with Gasteiger partial charge in [-0.25, -0.2) is 14.4 Å². The van der Waals surface area contributed by atoms with Crippen LogP contribution in [0.2, 0.25) is 0 Å². The summed E-state index contributed by atoms with van der Waals surface area (Å²) in [5.74, 6) is 0.962. The Morgan fingerprint density at radius 2 is 1.86 bits per heavy atom. The molecular weight excluding hydrogens is 372 g/mol. The van der Waals surface area contributed by atoms with Gasteiger partial charge in [0.2, 0.25) is 11.9 Å². The van der Waals surface area contributed by atoms with E-state index in [0.29, 0.717) is 25.3 Å². The molecular formula is C22H23F2N5. The summed E-state index contributed by atoms with van der Waals surface area (Å²) >= 11 is 0. The molecule has 150 valence electrons. The van der Waals surface area contributed by atoms with E-state index in [0.717, 1.165) is 48.2 Å². The van der Waals surface area contributed by atoms with Gasteiger partial charge in [-0.2, -0.15) is 9.37 Å². The quantitative estimate of drug-likeness (QED) is 0.660. The van der Waals surface area contributed by atoms with Crippen molar-refractivity contribution >= 4 is 22.7 Å². The summed E-state index contributed by atoms with van der Waals surface area (Å²) in [4.78, 5) is 15.4. The van der Waals surface area contributed by atoms with Crippen molar-refractivity contribution in [3.05, 3.63) is 54.1 Å². The minimum Gasteiger partial charge on any atom is -0.356 e. The largest absolute Gasteiger partial charge is 0.356 e. The van der Waals surface area contributed by atoms with Crippen molar-refractivity contribution in [2.24, 2.45) is 5.41 Å². The number of nitrogens with one attached hydrogen (secondary N) is 1. The van der Waals surface area contributed by atoms with Crippen LogP contribution >= 0.6 is 0 Å². The molecule has 1 aliphatic heterocycles. The maximum Gasteiger partial charge on any atom is 0.225 e. The van der Waals surface area contributed by atoms with Gasteiger partial charge in [0, 0.05) is 31.2 Å². The van der Waals surface area contributed by atoms with Crippen LogP contribution in [0.1, 0.15) is 31.2 Å². The molecule has 5 rings (SSSR count). The number of aromatic nitrogens is 3. The highest BCUT2D eigenvalue weighted by Gasteiger charge is 2.46. The Bertz CT molecular complexity index is 1010. The van der Waals surface area contributed by atoms with Gasteiger partial charge in [0.1, 0.15) is 12.0 Å². The summed E-state index contributed by atoms with van der Waals surface area (Å²) in [5.41, 5.74) is 1.94. The number of alkyl halides is 1. The average molecular weight is 395 g/mol. The lowest BCUT2D eigenvalue weighted by molar-refractivity contribution is 0.00447. The van der Waals surface area contributed by atoms with Crippen LogP contribution in [0.15, 0.2) is 42.6 Å². The second-order valence-corrected chi connectivity index (χ2v) is 8.22. The zero-order valence-electron chi connectivity index (χ0n) is 16.1. The van der Waals surface area contributed by atoms with E-state index in [1.165, 1.54) is 12.3 Å². The lowest BCUT2D eigenvalue weighted by Crippen LogP contribution is -2.48. The summed E-state index contributed by atoms with van der Waals surface area (Å²) in [6, 6.07) is 11.0. The van der Waals surface area contributed by atoms with Crippen LogP contribution in [0.4, 0.5) is 20.5 Å². The Hall–Kier alpha value is -2.83. The molecule has 0 atom stereocenters. The summed E-state index contributed by atoms with van der Waals surface area (Å²) in [6.07, 6.45) is 4.34. The molecule has 0 amide bonds. The fourth-order valence-corrected chi connectivity index (χ4v) is 4.55. The number of piperidine rings is 1. The fraction of sp³-hybridized carbons (Fsp3) is 0.409. The summed E-state index contributed by atoms with van der Waals surface area (Å²) < 4.78 is 26.4. The minimum absolute atomic E-state index is 0.204. The maximum atomic E-state index is 13.4. The standard InChI is InChI=1S/C22H23F2N5/c23-16-11-22(12-16)7-9-29(10-8-22)20-17-3-1-2-4-18(17)27-21(28-20)26-14-15-5-6-19(24)25-13-15/h1-6,13,16H,7-12,14H2,(H,26,27,28). The van der Waals surface area contributed by atoms with Gasteiger partial charge in [-0.15, -0.1) is 0 Å². The zero-order valence-corrected chi connectivity index (χ0v) is 16.1. The molecule has 5 nitrogen and oxygen atoms in total. The van der Waals surface area contributed by atoms with Crippen LogP contribution in [0.25, 0.3) is 10.9 Å². The predicted molar refractivity (Wildman–Crippen MR) is 109 cm³/mol. The van der Waals surface area contributed by atoms with Gasteiger partial charge in [-0.3, -0.25) is 0 Å². The lowest BCUT2D eigenvalue weighted by Gasteiger charge is -2.49. The number of hydrogen-bond acceptors (Lipinski definition) is 5. The average Bonchev–Trinajstić information content (AvgIpc) is 2.72. The third kappa shape index (κ3) is 3.61. The SMILES string of the molecule is Fc1ccc(CNc2nc(N3CCC4(CC3)CC(F)C4)c3ccccc3n2)cn1. The molecule has 1 N–H and O–H groups in total. The first-order valence-electron chi connectivity index (χ1n) is 10.1. The number of hydrogen-bond donors (Lipinski definition) is 1. The Kier molecular flexibility index (Phi) is 4.53. The second-order valence-electron chi connectivity index (χ2n) is 8.22. The molecule has 1 aliphatic carbocycles.